The van der Waals surface area contributed by atoms with Crippen LogP contribution in [0, 0.1) is 19.8 Å². The van der Waals surface area contributed by atoms with Gasteiger partial charge in [-0.05, 0) is 87.3 Å². The lowest BCUT2D eigenvalue weighted by molar-refractivity contribution is -0.138. The first-order chi connectivity index (χ1) is 19.3. The second kappa shape index (κ2) is 12.1. The molecule has 1 aromatic heterocycles. The summed E-state index contributed by atoms with van der Waals surface area (Å²) in [5.74, 6) is 1.84. The van der Waals surface area contributed by atoms with E-state index >= 15 is 0 Å². The predicted molar refractivity (Wildman–Crippen MR) is 153 cm³/mol. The van der Waals surface area contributed by atoms with Crippen LogP contribution in [-0.4, -0.2) is 53.2 Å². The molecule has 1 aliphatic carbocycles. The number of nitrogen functional groups attached to an aromatic ring is 1. The molecule has 0 unspecified atom stereocenters. The molecule has 8 nitrogen and oxygen atoms in total. The molecular weight excluding hydrogens is 535 g/mol. The molecule has 1 heterocycles. The minimum Gasteiger partial charge on any atom is -0.496 e. The van der Waals surface area contributed by atoms with Gasteiger partial charge < -0.3 is 25.8 Å². The highest BCUT2D eigenvalue weighted by Gasteiger charge is 2.34. The molecule has 1 atom stereocenters. The number of aryl methyl sites for hydroxylation is 1. The molecule has 2 aromatic carbocycles. The standard InChI is InChI=1S/C30H38F3N5O3/c1-16-22(12-21(34)13-25(16)30(31,32)33)17(2)35-28-24-14-23(27(41-5)15-26(24)36-18(3)37-28)19-6-8-20(9-7-19)29(40)38(4)10-11-39/h12-15,17,19-20,39H,6-11,34H2,1-5H3,(H,35,36,37)/t17-,19?,20?/m1/s1. The number of hydrogen-bond acceptors (Lipinski definition) is 7. The van der Waals surface area contributed by atoms with Crippen molar-refractivity contribution in [2.75, 3.05) is 38.4 Å². The first kappa shape index (κ1) is 30.4. The molecule has 0 saturated heterocycles. The van der Waals surface area contributed by atoms with Crippen LogP contribution in [0.15, 0.2) is 24.3 Å². The summed E-state index contributed by atoms with van der Waals surface area (Å²) >= 11 is 0. The van der Waals surface area contributed by atoms with Crippen LogP contribution >= 0.6 is 0 Å². The Morgan fingerprint density at radius 1 is 1.17 bits per heavy atom. The van der Waals surface area contributed by atoms with Crippen LogP contribution in [0.5, 0.6) is 5.75 Å². The number of aromatic nitrogens is 2. The summed E-state index contributed by atoms with van der Waals surface area (Å²) in [4.78, 5) is 23.5. The van der Waals surface area contributed by atoms with Gasteiger partial charge >= 0.3 is 6.18 Å². The smallest absolute Gasteiger partial charge is 0.416 e. The molecule has 0 radical (unpaired) electrons. The maximum Gasteiger partial charge on any atom is 0.416 e. The number of nitrogens with two attached hydrogens (primary N) is 1. The van der Waals surface area contributed by atoms with Gasteiger partial charge in [0.05, 0.1) is 30.8 Å². The van der Waals surface area contributed by atoms with Crippen molar-refractivity contribution in [2.24, 2.45) is 5.92 Å². The quantitative estimate of drug-likeness (QED) is 0.294. The number of anilines is 2. The van der Waals surface area contributed by atoms with Crippen molar-refractivity contribution >= 4 is 28.3 Å². The van der Waals surface area contributed by atoms with Crippen molar-refractivity contribution < 1.29 is 27.8 Å². The van der Waals surface area contributed by atoms with Gasteiger partial charge in [0.25, 0.3) is 0 Å². The highest BCUT2D eigenvalue weighted by atomic mass is 19.4. The maximum absolute atomic E-state index is 13.7. The maximum atomic E-state index is 13.7. The molecule has 1 fully saturated rings. The van der Waals surface area contributed by atoms with E-state index in [9.17, 15) is 23.1 Å². The average molecular weight is 574 g/mol. The first-order valence-corrected chi connectivity index (χ1v) is 13.8. The molecule has 222 valence electrons. The van der Waals surface area contributed by atoms with E-state index in [-0.39, 0.29) is 35.6 Å². The van der Waals surface area contributed by atoms with Gasteiger partial charge in [-0.1, -0.05) is 0 Å². The van der Waals surface area contributed by atoms with Gasteiger partial charge in [-0.2, -0.15) is 13.2 Å². The molecule has 11 heteroatoms. The number of carbonyl (C=O) groups excluding carboxylic acids is 1. The zero-order valence-electron chi connectivity index (χ0n) is 24.1. The Morgan fingerprint density at radius 2 is 1.85 bits per heavy atom. The first-order valence-electron chi connectivity index (χ1n) is 13.8. The molecule has 1 amide bonds. The van der Waals surface area contributed by atoms with E-state index in [2.05, 4.69) is 15.3 Å². The van der Waals surface area contributed by atoms with Crippen molar-refractivity contribution in [1.29, 1.82) is 0 Å². The number of likely N-dealkylation sites (N-methyl/N-ethyl adjacent to an activating group) is 1. The van der Waals surface area contributed by atoms with Gasteiger partial charge in [0, 0.05) is 36.7 Å². The SMILES string of the molecule is COc1cc2nc(C)nc(N[C@H](C)c3cc(N)cc(C(F)(F)F)c3C)c2cc1C1CCC(C(=O)N(C)CCO)CC1. The fourth-order valence-electron chi connectivity index (χ4n) is 5.91. The number of nitrogens with one attached hydrogen (secondary N) is 1. The molecule has 1 saturated carbocycles. The lowest BCUT2D eigenvalue weighted by Gasteiger charge is -2.31. The Balaban J connectivity index is 1.66. The van der Waals surface area contributed by atoms with Crippen LogP contribution < -0.4 is 15.8 Å². The summed E-state index contributed by atoms with van der Waals surface area (Å²) in [6.45, 7) is 5.24. The molecule has 1 aliphatic rings. The van der Waals surface area contributed by atoms with E-state index in [0.29, 0.717) is 35.0 Å². The van der Waals surface area contributed by atoms with Crippen molar-refractivity contribution in [2.45, 2.75) is 64.6 Å². The van der Waals surface area contributed by atoms with Gasteiger partial charge in [0.2, 0.25) is 5.91 Å². The van der Waals surface area contributed by atoms with E-state index in [1.165, 1.54) is 6.92 Å². The number of hydrogen-bond donors (Lipinski definition) is 3. The van der Waals surface area contributed by atoms with E-state index in [1.54, 1.807) is 39.0 Å². The van der Waals surface area contributed by atoms with Crippen LogP contribution in [0.3, 0.4) is 0 Å². The van der Waals surface area contributed by atoms with Crippen LogP contribution in [0.2, 0.25) is 0 Å². The fraction of sp³-hybridized carbons (Fsp3) is 0.500. The van der Waals surface area contributed by atoms with Crippen molar-refractivity contribution in [3.05, 3.63) is 52.3 Å². The van der Waals surface area contributed by atoms with Gasteiger partial charge in [-0.15, -0.1) is 0 Å². The second-order valence-corrected chi connectivity index (χ2v) is 10.9. The van der Waals surface area contributed by atoms with E-state index in [4.69, 9.17) is 10.5 Å². The highest BCUT2D eigenvalue weighted by molar-refractivity contribution is 5.91. The third-order valence-electron chi connectivity index (χ3n) is 8.08. The van der Waals surface area contributed by atoms with Gasteiger partial charge in [-0.3, -0.25) is 4.79 Å². The third kappa shape index (κ3) is 6.50. The van der Waals surface area contributed by atoms with Gasteiger partial charge in [0.1, 0.15) is 17.4 Å². The van der Waals surface area contributed by atoms with Crippen LogP contribution in [0.1, 0.15) is 72.6 Å². The zero-order valence-corrected chi connectivity index (χ0v) is 24.1. The number of amides is 1. The minimum absolute atomic E-state index is 0.0407. The minimum atomic E-state index is -4.52. The van der Waals surface area contributed by atoms with Crippen LogP contribution in [-0.2, 0) is 11.0 Å². The molecule has 0 spiro atoms. The number of benzene rings is 2. The number of ether oxygens (including phenoxy) is 1. The molecule has 0 aliphatic heterocycles. The van der Waals surface area contributed by atoms with Crippen molar-refractivity contribution in [3.8, 4) is 5.75 Å². The number of halogens is 3. The van der Waals surface area contributed by atoms with Gasteiger partial charge in [0.15, 0.2) is 0 Å². The van der Waals surface area contributed by atoms with Crippen LogP contribution in [0.25, 0.3) is 10.9 Å². The summed E-state index contributed by atoms with van der Waals surface area (Å²) in [5.41, 5.74) is 7.33. The van der Waals surface area contributed by atoms with E-state index in [0.717, 1.165) is 42.7 Å². The molecule has 41 heavy (non-hydrogen) atoms. The Morgan fingerprint density at radius 3 is 2.46 bits per heavy atom. The monoisotopic (exact) mass is 573 g/mol. The Bertz CT molecular complexity index is 1420. The molecular formula is C30H38F3N5O3. The Labute approximate surface area is 238 Å². The lowest BCUT2D eigenvalue weighted by Crippen LogP contribution is -2.36. The number of aliphatic hydroxyl groups excluding tert-OH is 1. The van der Waals surface area contributed by atoms with Crippen molar-refractivity contribution in [3.63, 3.8) is 0 Å². The summed E-state index contributed by atoms with van der Waals surface area (Å²) in [6, 6.07) is 5.86. The normalized spacial score (nSPS) is 18.3. The predicted octanol–water partition coefficient (Wildman–Crippen LogP) is 5.75. The number of alkyl halides is 3. The van der Waals surface area contributed by atoms with Crippen LogP contribution in [0.4, 0.5) is 24.7 Å². The number of aliphatic hydroxyl groups is 1. The molecule has 4 N–H and O–H groups in total. The number of rotatable bonds is 8. The second-order valence-electron chi connectivity index (χ2n) is 10.9. The summed E-state index contributed by atoms with van der Waals surface area (Å²) in [5, 5.41) is 13.2. The van der Waals surface area contributed by atoms with Crippen molar-refractivity contribution in [1.82, 2.24) is 14.9 Å². The average Bonchev–Trinajstić information content (AvgIpc) is 2.92. The van der Waals surface area contributed by atoms with E-state index in [1.807, 2.05) is 12.1 Å². The third-order valence-corrected chi connectivity index (χ3v) is 8.08. The highest BCUT2D eigenvalue weighted by Crippen LogP contribution is 2.43. The molecule has 4 rings (SSSR count). The fourth-order valence-corrected chi connectivity index (χ4v) is 5.91. The number of carbonyl (C=O) groups is 1. The van der Waals surface area contributed by atoms with E-state index < -0.39 is 17.8 Å². The Hall–Kier alpha value is -3.60. The molecule has 3 aromatic rings. The zero-order chi connectivity index (χ0) is 30.1. The number of nitrogens with zero attached hydrogens (tertiary/aromatic N) is 3. The summed E-state index contributed by atoms with van der Waals surface area (Å²) in [6.07, 6.45) is -1.48. The number of fused-ring (bicyclic) bond motifs is 1. The topological polar surface area (TPSA) is 114 Å². The van der Waals surface area contributed by atoms with Gasteiger partial charge in [-0.25, -0.2) is 9.97 Å². The number of methoxy groups -OCH3 is 1. The Kier molecular flexibility index (Phi) is 8.96. The largest absolute Gasteiger partial charge is 0.496 e. The summed E-state index contributed by atoms with van der Waals surface area (Å²) in [7, 11) is 3.32. The lowest BCUT2D eigenvalue weighted by atomic mass is 9.77. The summed E-state index contributed by atoms with van der Waals surface area (Å²) < 4.78 is 46.7. The molecule has 0 bridgehead atoms.